The number of rotatable bonds is 7. The van der Waals surface area contributed by atoms with Crippen LogP contribution in [0.2, 0.25) is 0 Å². The van der Waals surface area contributed by atoms with Gasteiger partial charge in [0.2, 0.25) is 15.9 Å². The molecular formula is C9H16N2O6S. The number of carbonyl (C=O) groups excluding carboxylic acids is 1. The number of nitrogens with two attached hydrogens (primary N) is 1. The molecule has 0 radical (unpaired) electrons. The number of amides is 1. The molecule has 0 aromatic carbocycles. The normalized spacial score (nSPS) is 21.7. The maximum absolute atomic E-state index is 11.7. The van der Waals surface area contributed by atoms with Crippen molar-refractivity contribution in [3.63, 3.8) is 0 Å². The van der Waals surface area contributed by atoms with Gasteiger partial charge in [-0.1, -0.05) is 0 Å². The van der Waals surface area contributed by atoms with Gasteiger partial charge in [-0.2, -0.15) is 0 Å². The highest BCUT2D eigenvalue weighted by Gasteiger charge is 2.29. The summed E-state index contributed by atoms with van der Waals surface area (Å²) in [5.41, 5.74) is 4.85. The third-order valence-corrected chi connectivity index (χ3v) is 3.91. The van der Waals surface area contributed by atoms with Gasteiger partial charge in [0.15, 0.2) is 0 Å². The Kier molecular flexibility index (Phi) is 5.05. The largest absolute Gasteiger partial charge is 0.480 e. The molecule has 4 N–H and O–H groups in total. The first kappa shape index (κ1) is 14.9. The van der Waals surface area contributed by atoms with Gasteiger partial charge in [-0.15, -0.1) is 0 Å². The second-order valence-corrected chi connectivity index (χ2v) is 5.89. The lowest BCUT2D eigenvalue weighted by atomic mass is 10.2. The van der Waals surface area contributed by atoms with Crippen LogP contribution in [-0.4, -0.2) is 49.9 Å². The minimum atomic E-state index is -3.82. The Morgan fingerprint density at radius 2 is 2.17 bits per heavy atom. The van der Waals surface area contributed by atoms with Crippen molar-refractivity contribution in [1.29, 1.82) is 0 Å². The predicted octanol–water partition coefficient (Wildman–Crippen LogP) is -1.59. The van der Waals surface area contributed by atoms with Gasteiger partial charge in [-0.05, 0) is 12.8 Å². The fraction of sp³-hybridized carbons (Fsp3) is 0.778. The molecule has 1 saturated heterocycles. The Balaban J connectivity index is 2.60. The zero-order chi connectivity index (χ0) is 13.8. The summed E-state index contributed by atoms with van der Waals surface area (Å²) in [5.74, 6) is -2.64. The molecule has 8 nitrogen and oxygen atoms in total. The highest BCUT2D eigenvalue weighted by molar-refractivity contribution is 7.89. The Labute approximate surface area is 105 Å². The van der Waals surface area contributed by atoms with Crippen molar-refractivity contribution in [3.8, 4) is 0 Å². The summed E-state index contributed by atoms with van der Waals surface area (Å²) in [6, 6.07) is -1.53. The molecule has 104 valence electrons. The standard InChI is InChI=1S/C9H16N2O6S/c10-8(12)4-7(9(13)14)11-18(15,16)5-6-2-1-3-17-6/h6-7,11H,1-5H2,(H2,10,12)(H,13,14)/t6?,7-/m1/s1. The van der Waals surface area contributed by atoms with Gasteiger partial charge in [0.05, 0.1) is 18.3 Å². The van der Waals surface area contributed by atoms with E-state index in [1.807, 2.05) is 4.72 Å². The van der Waals surface area contributed by atoms with Crippen LogP contribution < -0.4 is 10.5 Å². The van der Waals surface area contributed by atoms with Gasteiger partial charge < -0.3 is 15.6 Å². The Morgan fingerprint density at radius 3 is 2.61 bits per heavy atom. The molecule has 0 aliphatic carbocycles. The lowest BCUT2D eigenvalue weighted by molar-refractivity contribution is -0.140. The first-order valence-corrected chi connectivity index (χ1v) is 7.08. The summed E-state index contributed by atoms with van der Waals surface area (Å²) < 4.78 is 30.4. The van der Waals surface area contributed by atoms with Crippen LogP contribution in [0, 0.1) is 0 Å². The van der Waals surface area contributed by atoms with Gasteiger partial charge >= 0.3 is 5.97 Å². The number of hydrogen-bond donors (Lipinski definition) is 3. The quantitative estimate of drug-likeness (QED) is 0.514. The Hall–Kier alpha value is -1.19. The monoisotopic (exact) mass is 280 g/mol. The second kappa shape index (κ2) is 6.12. The van der Waals surface area contributed by atoms with Crippen LogP contribution >= 0.6 is 0 Å². The fourth-order valence-corrected chi connectivity index (χ4v) is 3.13. The maximum Gasteiger partial charge on any atom is 0.322 e. The number of ether oxygens (including phenoxy) is 1. The zero-order valence-electron chi connectivity index (χ0n) is 9.66. The van der Waals surface area contributed by atoms with E-state index >= 15 is 0 Å². The average Bonchev–Trinajstić information content (AvgIpc) is 2.67. The van der Waals surface area contributed by atoms with Gasteiger partial charge in [-0.3, -0.25) is 9.59 Å². The highest BCUT2D eigenvalue weighted by atomic mass is 32.2. The molecule has 1 aliphatic heterocycles. The molecule has 18 heavy (non-hydrogen) atoms. The molecule has 1 unspecified atom stereocenters. The van der Waals surface area contributed by atoms with E-state index in [0.29, 0.717) is 13.0 Å². The van der Waals surface area contributed by atoms with Crippen LogP contribution in [0.15, 0.2) is 0 Å². The summed E-state index contributed by atoms with van der Waals surface area (Å²) in [4.78, 5) is 21.4. The van der Waals surface area contributed by atoms with Crippen LogP contribution in [0.3, 0.4) is 0 Å². The number of primary amides is 1. The predicted molar refractivity (Wildman–Crippen MR) is 61.1 cm³/mol. The lowest BCUT2D eigenvalue weighted by Gasteiger charge is -2.15. The molecule has 1 rings (SSSR count). The molecule has 0 spiro atoms. The van der Waals surface area contributed by atoms with Crippen molar-refractivity contribution >= 4 is 21.9 Å². The first-order valence-electron chi connectivity index (χ1n) is 5.43. The van der Waals surface area contributed by atoms with Crippen LogP contribution in [0.4, 0.5) is 0 Å². The summed E-state index contributed by atoms with van der Waals surface area (Å²) in [6.45, 7) is 0.504. The number of nitrogens with one attached hydrogen (secondary N) is 1. The molecule has 0 saturated carbocycles. The minimum Gasteiger partial charge on any atom is -0.480 e. The summed E-state index contributed by atoms with van der Waals surface area (Å²) in [7, 11) is -3.82. The Bertz CT molecular complexity index is 415. The molecular weight excluding hydrogens is 264 g/mol. The topological polar surface area (TPSA) is 136 Å². The number of carbonyl (C=O) groups is 2. The summed E-state index contributed by atoms with van der Waals surface area (Å²) >= 11 is 0. The van der Waals surface area contributed by atoms with Gasteiger partial charge in [0.1, 0.15) is 6.04 Å². The van der Waals surface area contributed by atoms with E-state index in [4.69, 9.17) is 15.6 Å². The molecule has 0 aromatic heterocycles. The van der Waals surface area contributed by atoms with E-state index in [9.17, 15) is 18.0 Å². The minimum absolute atomic E-state index is 0.310. The molecule has 0 aromatic rings. The molecule has 0 bridgehead atoms. The van der Waals surface area contributed by atoms with Crippen molar-refractivity contribution in [2.75, 3.05) is 12.4 Å². The van der Waals surface area contributed by atoms with Crippen molar-refractivity contribution in [3.05, 3.63) is 0 Å². The number of hydrogen-bond acceptors (Lipinski definition) is 5. The molecule has 1 aliphatic rings. The smallest absolute Gasteiger partial charge is 0.322 e. The summed E-state index contributed by atoms with van der Waals surface area (Å²) in [6.07, 6.45) is 0.392. The van der Waals surface area contributed by atoms with Crippen LogP contribution in [0.1, 0.15) is 19.3 Å². The third kappa shape index (κ3) is 4.98. The van der Waals surface area contributed by atoms with Crippen LogP contribution in [0.5, 0.6) is 0 Å². The van der Waals surface area contributed by atoms with E-state index in [1.54, 1.807) is 0 Å². The number of carboxylic acid groups (broad SMARTS) is 1. The van der Waals surface area contributed by atoms with Crippen LogP contribution in [0.25, 0.3) is 0 Å². The highest BCUT2D eigenvalue weighted by Crippen LogP contribution is 2.13. The van der Waals surface area contributed by atoms with Crippen LogP contribution in [-0.2, 0) is 24.3 Å². The van der Waals surface area contributed by atoms with Crippen molar-refractivity contribution < 1.29 is 27.9 Å². The van der Waals surface area contributed by atoms with Crippen molar-refractivity contribution in [1.82, 2.24) is 4.72 Å². The van der Waals surface area contributed by atoms with Crippen molar-refractivity contribution in [2.45, 2.75) is 31.4 Å². The number of aliphatic carboxylic acids is 1. The summed E-state index contributed by atoms with van der Waals surface area (Å²) in [5, 5.41) is 8.78. The maximum atomic E-state index is 11.7. The van der Waals surface area contributed by atoms with Gasteiger partial charge in [0.25, 0.3) is 0 Å². The second-order valence-electron chi connectivity index (χ2n) is 4.10. The molecule has 1 heterocycles. The van der Waals surface area contributed by atoms with Crippen molar-refractivity contribution in [2.24, 2.45) is 5.73 Å². The number of sulfonamides is 1. The average molecular weight is 280 g/mol. The van der Waals surface area contributed by atoms with E-state index in [0.717, 1.165) is 6.42 Å². The zero-order valence-corrected chi connectivity index (χ0v) is 10.5. The van der Waals surface area contributed by atoms with Gasteiger partial charge in [0, 0.05) is 6.61 Å². The SMILES string of the molecule is NC(=O)C[C@@H](NS(=O)(=O)CC1CCCO1)C(=O)O. The number of carboxylic acids is 1. The lowest BCUT2D eigenvalue weighted by Crippen LogP contribution is -2.45. The molecule has 2 atom stereocenters. The molecule has 1 amide bonds. The first-order chi connectivity index (χ1) is 8.30. The van der Waals surface area contributed by atoms with E-state index in [-0.39, 0.29) is 5.75 Å². The fourth-order valence-electron chi connectivity index (χ4n) is 1.67. The van der Waals surface area contributed by atoms with Gasteiger partial charge in [-0.25, -0.2) is 13.1 Å². The van der Waals surface area contributed by atoms with E-state index in [1.165, 1.54) is 0 Å². The Morgan fingerprint density at radius 1 is 1.50 bits per heavy atom. The molecule has 9 heteroatoms. The molecule has 1 fully saturated rings. The third-order valence-electron chi connectivity index (χ3n) is 2.45. The van der Waals surface area contributed by atoms with E-state index < -0.39 is 40.5 Å². The van der Waals surface area contributed by atoms with E-state index in [2.05, 4.69) is 0 Å².